The van der Waals surface area contributed by atoms with Crippen LogP contribution in [0.1, 0.15) is 12.5 Å². The Kier molecular flexibility index (Phi) is 5.88. The minimum Gasteiger partial charge on any atom is -0.372 e. The number of methoxy groups -OCH3 is 1. The lowest BCUT2D eigenvalue weighted by atomic mass is 9.96. The lowest BCUT2D eigenvalue weighted by Crippen LogP contribution is -2.40. The van der Waals surface area contributed by atoms with E-state index < -0.39 is 21.4 Å². The van der Waals surface area contributed by atoms with Crippen LogP contribution >= 0.6 is 23.2 Å². The molecule has 0 aliphatic carbocycles. The number of ether oxygens (including phenoxy) is 1. The SMILES string of the molecule is COC(C)(CNS(=O)(=O)c1ccc(F)c(Cl)c1)c1cccc(Cl)c1. The van der Waals surface area contributed by atoms with Gasteiger partial charge in [-0.2, -0.15) is 0 Å². The summed E-state index contributed by atoms with van der Waals surface area (Å²) in [6, 6.07) is 10.2. The van der Waals surface area contributed by atoms with Gasteiger partial charge in [0, 0.05) is 18.7 Å². The van der Waals surface area contributed by atoms with Gasteiger partial charge in [-0.05, 0) is 42.8 Å². The second-order valence-corrected chi connectivity index (χ2v) is 7.96. The highest BCUT2D eigenvalue weighted by molar-refractivity contribution is 7.89. The van der Waals surface area contributed by atoms with Gasteiger partial charge in [0.1, 0.15) is 11.4 Å². The average Bonchev–Trinajstić information content (AvgIpc) is 2.55. The van der Waals surface area contributed by atoms with Crippen molar-refractivity contribution in [2.45, 2.75) is 17.4 Å². The van der Waals surface area contributed by atoms with Gasteiger partial charge >= 0.3 is 0 Å². The monoisotopic (exact) mass is 391 g/mol. The van der Waals surface area contributed by atoms with Crippen LogP contribution in [0.25, 0.3) is 0 Å². The zero-order valence-electron chi connectivity index (χ0n) is 13.0. The second-order valence-electron chi connectivity index (χ2n) is 5.35. The molecule has 0 radical (unpaired) electrons. The van der Waals surface area contributed by atoms with Crippen molar-refractivity contribution in [3.05, 3.63) is 63.9 Å². The summed E-state index contributed by atoms with van der Waals surface area (Å²) in [5, 5.41) is 0.256. The predicted molar refractivity (Wildman–Crippen MR) is 92.4 cm³/mol. The van der Waals surface area contributed by atoms with Crippen molar-refractivity contribution in [1.82, 2.24) is 4.72 Å². The minimum atomic E-state index is -3.88. The maximum absolute atomic E-state index is 13.2. The fraction of sp³-hybridized carbons (Fsp3) is 0.250. The average molecular weight is 392 g/mol. The zero-order valence-corrected chi connectivity index (χ0v) is 15.3. The van der Waals surface area contributed by atoms with E-state index in [-0.39, 0.29) is 16.5 Å². The van der Waals surface area contributed by atoms with E-state index in [1.165, 1.54) is 7.11 Å². The van der Waals surface area contributed by atoms with Crippen LogP contribution in [0.5, 0.6) is 0 Å². The summed E-state index contributed by atoms with van der Waals surface area (Å²) < 4.78 is 45.9. The Morgan fingerprint density at radius 3 is 2.50 bits per heavy atom. The van der Waals surface area contributed by atoms with Gasteiger partial charge in [0.2, 0.25) is 10.0 Å². The number of sulfonamides is 1. The molecule has 0 aliphatic rings. The number of rotatable bonds is 6. The van der Waals surface area contributed by atoms with E-state index in [4.69, 9.17) is 27.9 Å². The number of hydrogen-bond donors (Lipinski definition) is 1. The molecule has 1 N–H and O–H groups in total. The Morgan fingerprint density at radius 1 is 1.21 bits per heavy atom. The fourth-order valence-corrected chi connectivity index (χ4v) is 3.66. The van der Waals surface area contributed by atoms with Crippen molar-refractivity contribution in [3.63, 3.8) is 0 Å². The molecule has 4 nitrogen and oxygen atoms in total. The third kappa shape index (κ3) is 4.26. The molecule has 0 aromatic heterocycles. The molecule has 0 spiro atoms. The fourth-order valence-electron chi connectivity index (χ4n) is 2.07. The first-order chi connectivity index (χ1) is 11.2. The predicted octanol–water partition coefficient (Wildman–Crippen LogP) is 3.97. The molecule has 0 heterocycles. The lowest BCUT2D eigenvalue weighted by Gasteiger charge is -2.29. The first kappa shape index (κ1) is 19.1. The normalized spacial score (nSPS) is 14.4. The second kappa shape index (κ2) is 7.37. The molecule has 0 aliphatic heterocycles. The molecule has 2 aromatic carbocycles. The Morgan fingerprint density at radius 2 is 1.92 bits per heavy atom. The van der Waals surface area contributed by atoms with E-state index in [1.54, 1.807) is 31.2 Å². The van der Waals surface area contributed by atoms with Gasteiger partial charge < -0.3 is 4.74 Å². The minimum absolute atomic E-state index is 0.0405. The van der Waals surface area contributed by atoms with Gasteiger partial charge in [0.25, 0.3) is 0 Å². The summed E-state index contributed by atoms with van der Waals surface area (Å²) >= 11 is 11.6. The van der Waals surface area contributed by atoms with Gasteiger partial charge in [-0.15, -0.1) is 0 Å². The number of halogens is 3. The molecule has 1 atom stereocenters. The molecular formula is C16H16Cl2FNO3S. The van der Waals surface area contributed by atoms with Crippen molar-refractivity contribution in [3.8, 4) is 0 Å². The highest BCUT2D eigenvalue weighted by Crippen LogP contribution is 2.27. The lowest BCUT2D eigenvalue weighted by molar-refractivity contribution is 0.00699. The van der Waals surface area contributed by atoms with Gasteiger partial charge in [-0.25, -0.2) is 17.5 Å². The van der Waals surface area contributed by atoms with Crippen molar-refractivity contribution in [2.24, 2.45) is 0 Å². The van der Waals surface area contributed by atoms with Gasteiger partial charge in [-0.3, -0.25) is 0 Å². The highest BCUT2D eigenvalue weighted by Gasteiger charge is 2.29. The summed E-state index contributed by atoms with van der Waals surface area (Å²) in [7, 11) is -2.40. The quantitative estimate of drug-likeness (QED) is 0.810. The van der Waals surface area contributed by atoms with E-state index in [2.05, 4.69) is 4.72 Å². The molecular weight excluding hydrogens is 376 g/mol. The van der Waals surface area contributed by atoms with Gasteiger partial charge in [0.05, 0.1) is 9.92 Å². The number of nitrogens with one attached hydrogen (secondary N) is 1. The summed E-state index contributed by atoms with van der Waals surface area (Å²) in [5.74, 6) is -0.684. The maximum Gasteiger partial charge on any atom is 0.240 e. The number of hydrogen-bond acceptors (Lipinski definition) is 3. The van der Waals surface area contributed by atoms with Crippen molar-refractivity contribution in [2.75, 3.05) is 13.7 Å². The van der Waals surface area contributed by atoms with Crippen LogP contribution in [0, 0.1) is 5.82 Å². The van der Waals surface area contributed by atoms with Crippen LogP contribution in [-0.4, -0.2) is 22.1 Å². The smallest absolute Gasteiger partial charge is 0.240 e. The van der Waals surface area contributed by atoms with E-state index in [1.807, 2.05) is 0 Å². The Hall–Kier alpha value is -1.18. The Labute approximate surface area is 150 Å². The van der Waals surface area contributed by atoms with E-state index in [0.717, 1.165) is 23.8 Å². The molecule has 130 valence electrons. The van der Waals surface area contributed by atoms with Crippen LogP contribution in [0.2, 0.25) is 10.0 Å². The van der Waals surface area contributed by atoms with Crippen molar-refractivity contribution >= 4 is 33.2 Å². The van der Waals surface area contributed by atoms with E-state index in [9.17, 15) is 12.8 Å². The molecule has 2 aromatic rings. The van der Waals surface area contributed by atoms with Crippen LogP contribution in [0.3, 0.4) is 0 Å². The molecule has 1 unspecified atom stereocenters. The first-order valence-electron chi connectivity index (χ1n) is 6.94. The molecule has 0 fully saturated rings. The van der Waals surface area contributed by atoms with E-state index in [0.29, 0.717) is 5.02 Å². The Bertz CT molecular complexity index is 845. The van der Waals surface area contributed by atoms with Crippen LogP contribution in [0.4, 0.5) is 4.39 Å². The molecule has 2 rings (SSSR count). The highest BCUT2D eigenvalue weighted by atomic mass is 35.5. The Balaban J connectivity index is 2.24. The molecule has 0 amide bonds. The molecule has 0 saturated heterocycles. The van der Waals surface area contributed by atoms with Crippen molar-refractivity contribution < 1.29 is 17.5 Å². The van der Waals surface area contributed by atoms with Crippen molar-refractivity contribution in [1.29, 1.82) is 0 Å². The van der Waals surface area contributed by atoms with Crippen LogP contribution < -0.4 is 4.72 Å². The third-order valence-corrected chi connectivity index (χ3v) is 5.61. The molecule has 24 heavy (non-hydrogen) atoms. The first-order valence-corrected chi connectivity index (χ1v) is 9.18. The number of benzene rings is 2. The summed E-state index contributed by atoms with van der Waals surface area (Å²) in [6.07, 6.45) is 0. The zero-order chi connectivity index (χ0) is 18.0. The largest absolute Gasteiger partial charge is 0.372 e. The van der Waals surface area contributed by atoms with Gasteiger partial charge in [-0.1, -0.05) is 35.3 Å². The molecule has 0 bridgehead atoms. The van der Waals surface area contributed by atoms with E-state index >= 15 is 0 Å². The summed E-state index contributed by atoms with van der Waals surface area (Å²) in [4.78, 5) is -0.126. The van der Waals surface area contributed by atoms with Crippen LogP contribution in [0.15, 0.2) is 47.4 Å². The third-order valence-electron chi connectivity index (χ3n) is 3.69. The summed E-state index contributed by atoms with van der Waals surface area (Å²) in [5.41, 5.74) is -0.209. The van der Waals surface area contributed by atoms with Gasteiger partial charge in [0.15, 0.2) is 0 Å². The standard InChI is InChI=1S/C16H16Cl2FNO3S/c1-16(23-2,11-4-3-5-12(17)8-11)10-20-24(21,22)13-6-7-15(19)14(18)9-13/h3-9,20H,10H2,1-2H3. The molecule has 0 saturated carbocycles. The molecule has 8 heteroatoms. The maximum atomic E-state index is 13.2. The summed E-state index contributed by atoms with van der Waals surface area (Å²) in [6.45, 7) is 1.69. The topological polar surface area (TPSA) is 55.4 Å². The van der Waals surface area contributed by atoms with Crippen LogP contribution in [-0.2, 0) is 20.4 Å².